The normalized spacial score (nSPS) is 17.5. The van der Waals surface area contributed by atoms with E-state index in [-0.39, 0.29) is 17.6 Å². The van der Waals surface area contributed by atoms with Crippen LogP contribution in [-0.4, -0.2) is 34.0 Å². The number of phenolic OH excluding ortho intramolecular Hbond substituents is 1. The van der Waals surface area contributed by atoms with E-state index < -0.39 is 0 Å². The van der Waals surface area contributed by atoms with Gasteiger partial charge in [-0.25, -0.2) is 0 Å². The molecule has 1 saturated heterocycles. The number of hydrogen-bond donors (Lipinski definition) is 4. The Morgan fingerprint density at radius 2 is 2.15 bits per heavy atom. The van der Waals surface area contributed by atoms with Crippen molar-refractivity contribution in [3.63, 3.8) is 0 Å². The standard InChI is InChI=1S/C19H21ClN4O2/c1-2-16(26)24-8-7-11(10-24)18-17(20)13(19(22)23-18)9-14(21)12-5-3-4-6-15(12)25/h2-6,9,11,23,25H,1,7-8,10,21-22H2/b14-9-. The molecule has 3 rings (SSSR count). The summed E-state index contributed by atoms with van der Waals surface area (Å²) in [6.07, 6.45) is 3.75. The fourth-order valence-corrected chi connectivity index (χ4v) is 3.59. The van der Waals surface area contributed by atoms with E-state index in [4.69, 9.17) is 23.1 Å². The summed E-state index contributed by atoms with van der Waals surface area (Å²) < 4.78 is 0. The number of aromatic hydroxyl groups is 1. The Balaban J connectivity index is 1.90. The molecule has 1 amide bonds. The van der Waals surface area contributed by atoms with E-state index in [2.05, 4.69) is 11.6 Å². The molecule has 26 heavy (non-hydrogen) atoms. The second-order valence-electron chi connectivity index (χ2n) is 6.27. The SMILES string of the molecule is C=CC(=O)N1CCC(c2[nH]c(N)c(/C=C(\N)c3ccccc3O)c2Cl)C1. The maximum absolute atomic E-state index is 11.8. The lowest BCUT2D eigenvalue weighted by atomic mass is 10.0. The number of phenols is 1. The molecular formula is C19H21ClN4O2. The average Bonchev–Trinajstić information content (AvgIpc) is 3.21. The van der Waals surface area contributed by atoms with Crippen molar-refractivity contribution in [2.75, 3.05) is 18.8 Å². The van der Waals surface area contributed by atoms with E-state index >= 15 is 0 Å². The van der Waals surface area contributed by atoms with Crippen LogP contribution in [0.1, 0.15) is 29.2 Å². The van der Waals surface area contributed by atoms with E-state index in [0.717, 1.165) is 12.1 Å². The van der Waals surface area contributed by atoms with Crippen LogP contribution in [0.3, 0.4) is 0 Å². The number of para-hydroxylation sites is 1. The van der Waals surface area contributed by atoms with Crippen molar-refractivity contribution in [1.82, 2.24) is 9.88 Å². The van der Waals surface area contributed by atoms with E-state index in [1.807, 2.05) is 0 Å². The maximum Gasteiger partial charge on any atom is 0.245 e. The molecule has 1 aromatic carbocycles. The number of aromatic amines is 1. The van der Waals surface area contributed by atoms with Gasteiger partial charge in [0.1, 0.15) is 11.6 Å². The number of nitrogens with one attached hydrogen (secondary N) is 1. The number of carbonyl (C=O) groups excluding carboxylic acids is 1. The minimum atomic E-state index is -0.0907. The summed E-state index contributed by atoms with van der Waals surface area (Å²) in [7, 11) is 0. The molecule has 6 N–H and O–H groups in total. The van der Waals surface area contributed by atoms with E-state index in [9.17, 15) is 9.90 Å². The molecule has 0 spiro atoms. The Hall–Kier alpha value is -2.86. The number of amides is 1. The Bertz CT molecular complexity index is 888. The van der Waals surface area contributed by atoms with Gasteiger partial charge in [-0.1, -0.05) is 30.3 Å². The molecule has 0 radical (unpaired) electrons. The van der Waals surface area contributed by atoms with E-state index in [1.54, 1.807) is 35.2 Å². The van der Waals surface area contributed by atoms with Crippen molar-refractivity contribution in [3.8, 4) is 5.75 Å². The number of H-pyrrole nitrogens is 1. The highest BCUT2D eigenvalue weighted by Gasteiger charge is 2.30. The highest BCUT2D eigenvalue weighted by molar-refractivity contribution is 6.33. The number of rotatable bonds is 4. The fourth-order valence-electron chi connectivity index (χ4n) is 3.23. The monoisotopic (exact) mass is 372 g/mol. The van der Waals surface area contributed by atoms with Crippen molar-refractivity contribution >= 4 is 35.1 Å². The van der Waals surface area contributed by atoms with Gasteiger partial charge in [0.25, 0.3) is 0 Å². The number of halogens is 1. The number of anilines is 1. The van der Waals surface area contributed by atoms with Gasteiger partial charge in [-0.05, 0) is 30.7 Å². The second-order valence-corrected chi connectivity index (χ2v) is 6.65. The second kappa shape index (κ2) is 7.17. The molecule has 1 unspecified atom stereocenters. The summed E-state index contributed by atoms with van der Waals surface area (Å²) in [5.41, 5.74) is 14.5. The molecule has 7 heteroatoms. The van der Waals surface area contributed by atoms with Gasteiger partial charge in [0.2, 0.25) is 5.91 Å². The predicted octanol–water partition coefficient (Wildman–Crippen LogP) is 2.91. The minimum absolute atomic E-state index is 0.0715. The third kappa shape index (κ3) is 3.28. The summed E-state index contributed by atoms with van der Waals surface area (Å²) >= 11 is 6.54. The number of nitrogens with zero attached hydrogens (tertiary/aromatic N) is 1. The van der Waals surface area contributed by atoms with E-state index in [1.165, 1.54) is 6.08 Å². The van der Waals surface area contributed by atoms with Gasteiger partial charge in [0.15, 0.2) is 0 Å². The third-order valence-corrected chi connectivity index (χ3v) is 5.04. The Labute approximate surface area is 156 Å². The molecule has 2 aromatic rings. The van der Waals surface area contributed by atoms with Crippen LogP contribution in [0.2, 0.25) is 5.02 Å². The number of carbonyl (C=O) groups is 1. The van der Waals surface area contributed by atoms with Crippen molar-refractivity contribution in [3.05, 3.63) is 58.8 Å². The zero-order valence-electron chi connectivity index (χ0n) is 14.2. The Kier molecular flexibility index (Phi) is 4.95. The summed E-state index contributed by atoms with van der Waals surface area (Å²) in [6.45, 7) is 4.73. The summed E-state index contributed by atoms with van der Waals surface area (Å²) in [6, 6.07) is 6.78. The van der Waals surface area contributed by atoms with Gasteiger partial charge in [0.05, 0.1) is 5.02 Å². The van der Waals surface area contributed by atoms with Gasteiger partial charge in [-0.2, -0.15) is 0 Å². The summed E-state index contributed by atoms with van der Waals surface area (Å²) in [5.74, 6) is 0.465. The lowest BCUT2D eigenvalue weighted by Crippen LogP contribution is -2.26. The molecule has 136 valence electrons. The molecule has 6 nitrogen and oxygen atoms in total. The maximum atomic E-state index is 11.8. The van der Waals surface area contributed by atoms with Crippen LogP contribution in [0, 0.1) is 0 Å². The van der Waals surface area contributed by atoms with Crippen LogP contribution >= 0.6 is 11.6 Å². The molecule has 2 heterocycles. The minimum Gasteiger partial charge on any atom is -0.507 e. The highest BCUT2D eigenvalue weighted by atomic mass is 35.5. The first-order chi connectivity index (χ1) is 12.4. The lowest BCUT2D eigenvalue weighted by molar-refractivity contribution is -0.125. The van der Waals surface area contributed by atoms with Crippen LogP contribution in [0.4, 0.5) is 5.82 Å². The molecule has 0 aliphatic carbocycles. The number of benzene rings is 1. The Morgan fingerprint density at radius 3 is 2.85 bits per heavy atom. The quantitative estimate of drug-likeness (QED) is 0.618. The first-order valence-electron chi connectivity index (χ1n) is 8.26. The van der Waals surface area contributed by atoms with Crippen LogP contribution in [0.5, 0.6) is 5.75 Å². The van der Waals surface area contributed by atoms with Crippen molar-refractivity contribution in [1.29, 1.82) is 0 Å². The van der Waals surface area contributed by atoms with Crippen molar-refractivity contribution in [2.45, 2.75) is 12.3 Å². The molecule has 1 aliphatic rings. The molecule has 1 atom stereocenters. The zero-order valence-corrected chi connectivity index (χ0v) is 15.0. The van der Waals surface area contributed by atoms with Gasteiger partial charge in [-0.3, -0.25) is 4.79 Å². The molecule has 1 aliphatic heterocycles. The molecular weight excluding hydrogens is 352 g/mol. The number of hydrogen-bond acceptors (Lipinski definition) is 4. The van der Waals surface area contributed by atoms with Crippen LogP contribution in [-0.2, 0) is 4.79 Å². The van der Waals surface area contributed by atoms with Crippen LogP contribution in [0.25, 0.3) is 11.8 Å². The smallest absolute Gasteiger partial charge is 0.245 e. The zero-order chi connectivity index (χ0) is 18.8. The lowest BCUT2D eigenvalue weighted by Gasteiger charge is -2.13. The van der Waals surface area contributed by atoms with Gasteiger partial charge < -0.3 is 26.5 Å². The summed E-state index contributed by atoms with van der Waals surface area (Å²) in [4.78, 5) is 16.6. The average molecular weight is 373 g/mol. The first-order valence-corrected chi connectivity index (χ1v) is 8.63. The summed E-state index contributed by atoms with van der Waals surface area (Å²) in [5, 5.41) is 10.4. The molecule has 1 aromatic heterocycles. The van der Waals surface area contributed by atoms with Gasteiger partial charge in [0, 0.05) is 41.5 Å². The van der Waals surface area contributed by atoms with Gasteiger partial charge in [-0.15, -0.1) is 0 Å². The third-order valence-electron chi connectivity index (χ3n) is 4.63. The topological polar surface area (TPSA) is 108 Å². The predicted molar refractivity (Wildman–Crippen MR) is 105 cm³/mol. The number of nitrogens with two attached hydrogens (primary N) is 2. The van der Waals surface area contributed by atoms with Gasteiger partial charge >= 0.3 is 0 Å². The number of nitrogen functional groups attached to an aromatic ring is 1. The van der Waals surface area contributed by atoms with Crippen LogP contribution < -0.4 is 11.5 Å². The molecule has 0 bridgehead atoms. The fraction of sp³-hybridized carbons (Fsp3) is 0.211. The number of likely N-dealkylation sites (tertiary alicyclic amines) is 1. The van der Waals surface area contributed by atoms with Crippen molar-refractivity contribution in [2.24, 2.45) is 5.73 Å². The molecule has 0 saturated carbocycles. The Morgan fingerprint density at radius 1 is 1.42 bits per heavy atom. The number of aromatic nitrogens is 1. The highest BCUT2D eigenvalue weighted by Crippen LogP contribution is 2.38. The first kappa shape index (κ1) is 17.9. The van der Waals surface area contributed by atoms with Crippen molar-refractivity contribution < 1.29 is 9.90 Å². The molecule has 1 fully saturated rings. The largest absolute Gasteiger partial charge is 0.507 e. The van der Waals surface area contributed by atoms with E-state index in [0.29, 0.717) is 40.8 Å². The van der Waals surface area contributed by atoms with Crippen LogP contribution in [0.15, 0.2) is 36.9 Å².